The van der Waals surface area contributed by atoms with E-state index in [-0.39, 0.29) is 18.1 Å². The highest BCUT2D eigenvalue weighted by Crippen LogP contribution is 2.20. The second kappa shape index (κ2) is 8.75. The van der Waals surface area contributed by atoms with Crippen LogP contribution in [0.15, 0.2) is 24.5 Å². The number of aromatic amines is 1. The highest BCUT2D eigenvalue weighted by molar-refractivity contribution is 6.30. The summed E-state index contributed by atoms with van der Waals surface area (Å²) in [6.07, 6.45) is 4.40. The van der Waals surface area contributed by atoms with Crippen molar-refractivity contribution in [2.45, 2.75) is 45.9 Å². The van der Waals surface area contributed by atoms with E-state index in [0.29, 0.717) is 36.0 Å². The molecule has 4 heterocycles. The SMILES string of the molecule is Cc1cnc(CCNCc2c(C(=O)N3C[C@@H](C)O[C@@H](C)C3)nc3ccc(Cl)cn23)[nH]1. The number of nitrogens with one attached hydrogen (secondary N) is 2. The number of hydrogen-bond acceptors (Lipinski definition) is 5. The summed E-state index contributed by atoms with van der Waals surface area (Å²) < 4.78 is 7.67. The van der Waals surface area contributed by atoms with Crippen LogP contribution >= 0.6 is 11.6 Å². The number of carbonyl (C=O) groups is 1. The van der Waals surface area contributed by atoms with Crippen molar-refractivity contribution in [3.8, 4) is 0 Å². The third-order valence-corrected chi connectivity index (χ3v) is 5.40. The van der Waals surface area contributed by atoms with Crippen LogP contribution in [0.1, 0.15) is 41.5 Å². The Bertz CT molecular complexity index is 1040. The third-order valence-electron chi connectivity index (χ3n) is 5.18. The second-order valence-corrected chi connectivity index (χ2v) is 8.33. The number of nitrogens with zero attached hydrogens (tertiary/aromatic N) is 4. The number of ether oxygens (including phenoxy) is 1. The van der Waals surface area contributed by atoms with Crippen LogP contribution in [0, 0.1) is 6.92 Å². The quantitative estimate of drug-likeness (QED) is 0.587. The van der Waals surface area contributed by atoms with Gasteiger partial charge in [-0.2, -0.15) is 0 Å². The zero-order valence-corrected chi connectivity index (χ0v) is 18.2. The van der Waals surface area contributed by atoms with E-state index in [9.17, 15) is 4.79 Å². The average Bonchev–Trinajstić information content (AvgIpc) is 3.27. The predicted octanol–water partition coefficient (Wildman–Crippen LogP) is 2.60. The molecule has 1 aliphatic rings. The van der Waals surface area contributed by atoms with E-state index >= 15 is 0 Å². The molecule has 1 fully saturated rings. The molecule has 4 rings (SSSR count). The van der Waals surface area contributed by atoms with Gasteiger partial charge < -0.3 is 24.3 Å². The fraction of sp³-hybridized carbons (Fsp3) is 0.476. The number of carbonyl (C=O) groups excluding carboxylic acids is 1. The summed E-state index contributed by atoms with van der Waals surface area (Å²) in [6, 6.07) is 3.62. The summed E-state index contributed by atoms with van der Waals surface area (Å²) >= 11 is 6.22. The molecule has 2 atom stereocenters. The van der Waals surface area contributed by atoms with E-state index in [2.05, 4.69) is 20.3 Å². The number of aryl methyl sites for hydroxylation is 1. The van der Waals surface area contributed by atoms with Gasteiger partial charge in [0.1, 0.15) is 11.5 Å². The Morgan fingerprint density at radius 1 is 1.33 bits per heavy atom. The molecule has 160 valence electrons. The van der Waals surface area contributed by atoms with Crippen LogP contribution in [0.4, 0.5) is 0 Å². The first-order chi connectivity index (χ1) is 14.4. The van der Waals surface area contributed by atoms with E-state index in [1.165, 1.54) is 0 Å². The van der Waals surface area contributed by atoms with Gasteiger partial charge in [-0.15, -0.1) is 0 Å². The Kier molecular flexibility index (Phi) is 6.08. The first-order valence-corrected chi connectivity index (χ1v) is 10.6. The third kappa shape index (κ3) is 4.50. The summed E-state index contributed by atoms with van der Waals surface area (Å²) in [5.41, 5.74) is 3.01. The molecule has 0 aromatic carbocycles. The smallest absolute Gasteiger partial charge is 0.274 e. The number of H-pyrrole nitrogens is 1. The van der Waals surface area contributed by atoms with Crippen molar-refractivity contribution in [3.05, 3.63) is 52.5 Å². The van der Waals surface area contributed by atoms with E-state index < -0.39 is 0 Å². The number of morpholine rings is 1. The lowest BCUT2D eigenvalue weighted by Gasteiger charge is -2.35. The molecule has 0 spiro atoms. The van der Waals surface area contributed by atoms with Crippen LogP contribution in [0.5, 0.6) is 0 Å². The van der Waals surface area contributed by atoms with Crippen molar-refractivity contribution >= 4 is 23.2 Å². The molecule has 0 bridgehead atoms. The molecule has 3 aromatic rings. The molecular weight excluding hydrogens is 404 g/mol. The first kappa shape index (κ1) is 20.8. The van der Waals surface area contributed by atoms with E-state index in [1.54, 1.807) is 12.3 Å². The molecule has 0 aliphatic carbocycles. The van der Waals surface area contributed by atoms with Crippen LogP contribution in [-0.2, 0) is 17.7 Å². The van der Waals surface area contributed by atoms with E-state index in [4.69, 9.17) is 16.3 Å². The maximum absolute atomic E-state index is 13.3. The zero-order valence-electron chi connectivity index (χ0n) is 17.5. The Morgan fingerprint density at radius 3 is 2.80 bits per heavy atom. The Labute approximate surface area is 180 Å². The number of fused-ring (bicyclic) bond motifs is 1. The summed E-state index contributed by atoms with van der Waals surface area (Å²) in [4.78, 5) is 27.4. The van der Waals surface area contributed by atoms with Crippen molar-refractivity contribution in [2.24, 2.45) is 0 Å². The topological polar surface area (TPSA) is 87.6 Å². The summed E-state index contributed by atoms with van der Waals surface area (Å²) in [5.74, 6) is 0.865. The highest BCUT2D eigenvalue weighted by Gasteiger charge is 2.30. The monoisotopic (exact) mass is 430 g/mol. The van der Waals surface area contributed by atoms with Gasteiger partial charge in [-0.1, -0.05) is 11.6 Å². The number of halogens is 1. The summed E-state index contributed by atoms with van der Waals surface area (Å²) in [6.45, 7) is 8.29. The average molecular weight is 431 g/mol. The number of rotatable bonds is 6. The largest absolute Gasteiger partial charge is 0.372 e. The Balaban J connectivity index is 1.55. The van der Waals surface area contributed by atoms with Gasteiger partial charge in [-0.05, 0) is 32.9 Å². The fourth-order valence-electron chi connectivity index (χ4n) is 3.91. The maximum atomic E-state index is 13.3. The van der Waals surface area contributed by atoms with Crippen molar-refractivity contribution in [1.29, 1.82) is 0 Å². The second-order valence-electron chi connectivity index (χ2n) is 7.89. The van der Waals surface area contributed by atoms with Gasteiger partial charge in [0, 0.05) is 50.7 Å². The molecule has 1 amide bonds. The molecule has 3 aromatic heterocycles. The van der Waals surface area contributed by atoms with E-state index in [0.717, 1.165) is 30.2 Å². The van der Waals surface area contributed by atoms with Crippen molar-refractivity contribution in [2.75, 3.05) is 19.6 Å². The Morgan fingerprint density at radius 2 is 2.10 bits per heavy atom. The molecule has 9 heteroatoms. The highest BCUT2D eigenvalue weighted by atomic mass is 35.5. The molecule has 30 heavy (non-hydrogen) atoms. The Hall–Kier alpha value is -2.42. The van der Waals surface area contributed by atoms with Crippen molar-refractivity contribution in [3.63, 3.8) is 0 Å². The number of aromatic nitrogens is 4. The zero-order chi connectivity index (χ0) is 21.3. The summed E-state index contributed by atoms with van der Waals surface area (Å²) in [7, 11) is 0. The van der Waals surface area contributed by atoms with Crippen molar-refractivity contribution < 1.29 is 9.53 Å². The first-order valence-electron chi connectivity index (χ1n) is 10.2. The number of hydrogen-bond donors (Lipinski definition) is 2. The van der Waals surface area contributed by atoms with Crippen LogP contribution in [0.2, 0.25) is 5.02 Å². The lowest BCUT2D eigenvalue weighted by Crippen LogP contribution is -2.48. The van der Waals surface area contributed by atoms with Gasteiger partial charge in [-0.25, -0.2) is 9.97 Å². The van der Waals surface area contributed by atoms with Gasteiger partial charge in [0.05, 0.1) is 22.9 Å². The fourth-order valence-corrected chi connectivity index (χ4v) is 4.07. The van der Waals surface area contributed by atoms with Crippen molar-refractivity contribution in [1.82, 2.24) is 29.6 Å². The lowest BCUT2D eigenvalue weighted by molar-refractivity contribution is -0.0587. The molecule has 2 N–H and O–H groups in total. The van der Waals surface area contributed by atoms with Gasteiger partial charge in [0.15, 0.2) is 5.69 Å². The predicted molar refractivity (Wildman–Crippen MR) is 115 cm³/mol. The van der Waals surface area contributed by atoms with Gasteiger partial charge in [0.25, 0.3) is 5.91 Å². The molecule has 0 radical (unpaired) electrons. The molecule has 1 aliphatic heterocycles. The molecule has 0 unspecified atom stereocenters. The molecule has 0 saturated carbocycles. The lowest BCUT2D eigenvalue weighted by atomic mass is 10.2. The minimum Gasteiger partial charge on any atom is -0.372 e. The van der Waals surface area contributed by atoms with E-state index in [1.807, 2.05) is 42.3 Å². The molecule has 1 saturated heterocycles. The van der Waals surface area contributed by atoms with Gasteiger partial charge >= 0.3 is 0 Å². The van der Waals surface area contributed by atoms with Gasteiger partial charge in [0.2, 0.25) is 0 Å². The van der Waals surface area contributed by atoms with Crippen LogP contribution in [-0.4, -0.2) is 62.0 Å². The molecule has 8 nitrogen and oxygen atoms in total. The van der Waals surface area contributed by atoms with Gasteiger partial charge in [-0.3, -0.25) is 4.79 Å². The minimum absolute atomic E-state index is 0.00232. The normalized spacial score (nSPS) is 19.5. The standard InChI is InChI=1S/C21H27ClN6O2/c1-13-8-24-18(25-13)6-7-23-9-17-20(26-19-5-4-16(22)12-28(17)19)21(29)27-10-14(2)30-15(3)11-27/h4-5,8,12,14-15,23H,6-7,9-11H2,1-3H3,(H,24,25)/t14-,15+. The minimum atomic E-state index is -0.0738. The van der Waals surface area contributed by atoms with Crippen LogP contribution < -0.4 is 5.32 Å². The number of imidazole rings is 2. The number of amides is 1. The van der Waals surface area contributed by atoms with Crippen LogP contribution in [0.25, 0.3) is 5.65 Å². The van der Waals surface area contributed by atoms with Crippen LogP contribution in [0.3, 0.4) is 0 Å². The maximum Gasteiger partial charge on any atom is 0.274 e. The molecular formula is C21H27ClN6O2. The number of pyridine rings is 1. The summed E-state index contributed by atoms with van der Waals surface area (Å²) in [5, 5.41) is 4.01.